The molecule has 0 unspecified atom stereocenters. The van der Waals surface area contributed by atoms with Crippen molar-refractivity contribution in [3.05, 3.63) is 16.0 Å². The Morgan fingerprint density at radius 1 is 1.39 bits per heavy atom. The maximum atomic E-state index is 11.6. The summed E-state index contributed by atoms with van der Waals surface area (Å²) in [7, 11) is 3.84. The summed E-state index contributed by atoms with van der Waals surface area (Å²) >= 11 is 1.55. The topological polar surface area (TPSA) is 84.7 Å². The summed E-state index contributed by atoms with van der Waals surface area (Å²) in [4.78, 5) is 19.1. The highest BCUT2D eigenvalue weighted by molar-refractivity contribution is 7.16. The van der Waals surface area contributed by atoms with E-state index in [0.29, 0.717) is 22.9 Å². The Kier molecular flexibility index (Phi) is 3.68. The summed E-state index contributed by atoms with van der Waals surface area (Å²) in [6.07, 6.45) is 3.04. The summed E-state index contributed by atoms with van der Waals surface area (Å²) in [6.45, 7) is 0.570. The lowest BCUT2D eigenvalue weighted by atomic mass is 10.1. The second kappa shape index (κ2) is 5.07. The van der Waals surface area contributed by atoms with Crippen LogP contribution < -0.4 is 11.5 Å². The van der Waals surface area contributed by atoms with Gasteiger partial charge in [-0.15, -0.1) is 11.3 Å². The van der Waals surface area contributed by atoms with Crippen molar-refractivity contribution in [2.45, 2.75) is 19.3 Å². The zero-order chi connectivity index (χ0) is 13.3. The number of amides is 1. The molecular formula is C12H18N4OS. The molecule has 5 nitrogen and oxygen atoms in total. The van der Waals surface area contributed by atoms with Crippen molar-refractivity contribution in [3.8, 4) is 0 Å². The van der Waals surface area contributed by atoms with Gasteiger partial charge in [-0.25, -0.2) is 4.99 Å². The SMILES string of the molecule is CN(C)C/C(N)=N/c1sc2c(c1C(N)=O)CCC2. The Hall–Kier alpha value is -1.40. The lowest BCUT2D eigenvalue weighted by molar-refractivity contribution is 0.100. The van der Waals surface area contributed by atoms with Gasteiger partial charge in [-0.05, 0) is 38.9 Å². The predicted molar refractivity (Wildman–Crippen MR) is 74.7 cm³/mol. The van der Waals surface area contributed by atoms with Crippen molar-refractivity contribution >= 4 is 28.1 Å². The highest BCUT2D eigenvalue weighted by Crippen LogP contribution is 2.40. The highest BCUT2D eigenvalue weighted by atomic mass is 32.1. The summed E-state index contributed by atoms with van der Waals surface area (Å²) in [5.41, 5.74) is 13.0. The Bertz CT molecular complexity index is 504. The Morgan fingerprint density at radius 3 is 2.72 bits per heavy atom. The molecule has 6 heteroatoms. The number of aryl methyl sites for hydroxylation is 1. The van der Waals surface area contributed by atoms with E-state index < -0.39 is 5.91 Å². The lowest BCUT2D eigenvalue weighted by Gasteiger charge is -2.08. The predicted octanol–water partition coefficient (Wildman–Crippen LogP) is 0.886. The fourth-order valence-corrected chi connectivity index (χ4v) is 3.51. The van der Waals surface area contributed by atoms with Crippen LogP contribution in [0, 0.1) is 0 Å². The van der Waals surface area contributed by atoms with E-state index in [2.05, 4.69) is 4.99 Å². The van der Waals surface area contributed by atoms with E-state index in [1.807, 2.05) is 19.0 Å². The summed E-state index contributed by atoms with van der Waals surface area (Å²) < 4.78 is 0. The van der Waals surface area contributed by atoms with Crippen LogP contribution in [0.1, 0.15) is 27.2 Å². The molecule has 0 radical (unpaired) electrons. The van der Waals surface area contributed by atoms with Crippen LogP contribution in [0.15, 0.2) is 4.99 Å². The molecule has 0 aromatic carbocycles. The van der Waals surface area contributed by atoms with Crippen molar-refractivity contribution in [2.24, 2.45) is 16.5 Å². The minimum absolute atomic E-state index is 0.397. The van der Waals surface area contributed by atoms with Gasteiger partial charge in [0.25, 0.3) is 5.91 Å². The second-order valence-electron chi connectivity index (χ2n) is 4.74. The molecular weight excluding hydrogens is 248 g/mol. The van der Waals surface area contributed by atoms with Crippen LogP contribution in [0.2, 0.25) is 0 Å². The van der Waals surface area contributed by atoms with Gasteiger partial charge in [0.2, 0.25) is 0 Å². The van der Waals surface area contributed by atoms with Gasteiger partial charge in [0.05, 0.1) is 12.1 Å². The molecule has 98 valence electrons. The number of nitrogens with zero attached hydrogens (tertiary/aromatic N) is 2. The largest absolute Gasteiger partial charge is 0.386 e. The third-order valence-electron chi connectivity index (χ3n) is 2.87. The number of nitrogens with two attached hydrogens (primary N) is 2. The van der Waals surface area contributed by atoms with Crippen molar-refractivity contribution in [3.63, 3.8) is 0 Å². The van der Waals surface area contributed by atoms with Crippen LogP contribution in [0.4, 0.5) is 5.00 Å². The molecule has 0 fully saturated rings. The molecule has 1 amide bonds. The fraction of sp³-hybridized carbons (Fsp3) is 0.500. The molecule has 0 saturated carbocycles. The zero-order valence-corrected chi connectivity index (χ0v) is 11.5. The van der Waals surface area contributed by atoms with E-state index >= 15 is 0 Å². The van der Waals surface area contributed by atoms with Gasteiger partial charge in [-0.3, -0.25) is 4.79 Å². The molecule has 1 aliphatic carbocycles. The van der Waals surface area contributed by atoms with Gasteiger partial charge in [-0.2, -0.15) is 0 Å². The van der Waals surface area contributed by atoms with Crippen molar-refractivity contribution in [1.82, 2.24) is 4.90 Å². The number of likely N-dealkylation sites (N-methyl/N-ethyl adjacent to an activating group) is 1. The molecule has 18 heavy (non-hydrogen) atoms. The lowest BCUT2D eigenvalue weighted by Crippen LogP contribution is -2.27. The number of amidine groups is 1. The average Bonchev–Trinajstić information content (AvgIpc) is 2.74. The number of primary amides is 1. The maximum Gasteiger partial charge on any atom is 0.252 e. The molecule has 4 N–H and O–H groups in total. The van der Waals surface area contributed by atoms with E-state index in [9.17, 15) is 4.79 Å². The molecule has 1 aromatic heterocycles. The molecule has 1 aromatic rings. The van der Waals surface area contributed by atoms with Crippen LogP contribution in [-0.4, -0.2) is 37.3 Å². The third kappa shape index (κ3) is 2.54. The summed E-state index contributed by atoms with van der Waals surface area (Å²) in [6, 6.07) is 0. The van der Waals surface area contributed by atoms with E-state index in [1.54, 1.807) is 11.3 Å². The Labute approximate surface area is 110 Å². The first kappa shape index (κ1) is 13.0. The molecule has 1 heterocycles. The Morgan fingerprint density at radius 2 is 2.11 bits per heavy atom. The number of carbonyl (C=O) groups is 1. The quantitative estimate of drug-likeness (QED) is 0.627. The first-order valence-electron chi connectivity index (χ1n) is 5.91. The van der Waals surface area contributed by atoms with Gasteiger partial charge in [0.15, 0.2) is 0 Å². The average molecular weight is 266 g/mol. The number of thiophene rings is 1. The normalized spacial score (nSPS) is 15.2. The fourth-order valence-electron chi connectivity index (χ4n) is 2.21. The molecule has 1 aliphatic rings. The summed E-state index contributed by atoms with van der Waals surface area (Å²) in [5, 5.41) is 0.673. The van der Waals surface area contributed by atoms with Crippen LogP contribution in [-0.2, 0) is 12.8 Å². The number of rotatable bonds is 4. The number of aliphatic imine (C=N–C) groups is 1. The molecule has 0 spiro atoms. The van der Waals surface area contributed by atoms with Crippen LogP contribution >= 0.6 is 11.3 Å². The zero-order valence-electron chi connectivity index (χ0n) is 10.7. The third-order valence-corrected chi connectivity index (χ3v) is 4.06. The van der Waals surface area contributed by atoms with E-state index in [-0.39, 0.29) is 0 Å². The van der Waals surface area contributed by atoms with Gasteiger partial charge in [0, 0.05) is 4.88 Å². The van der Waals surface area contributed by atoms with Crippen LogP contribution in [0.25, 0.3) is 0 Å². The van der Waals surface area contributed by atoms with E-state index in [0.717, 1.165) is 24.8 Å². The number of hydrogen-bond acceptors (Lipinski definition) is 4. The smallest absolute Gasteiger partial charge is 0.252 e. The van der Waals surface area contributed by atoms with Crippen molar-refractivity contribution < 1.29 is 4.79 Å². The summed E-state index contributed by atoms with van der Waals surface area (Å²) in [5.74, 6) is 0.105. The first-order valence-corrected chi connectivity index (χ1v) is 6.72. The Balaban J connectivity index is 2.37. The van der Waals surface area contributed by atoms with Gasteiger partial charge in [0.1, 0.15) is 10.8 Å². The molecule has 2 rings (SSSR count). The van der Waals surface area contributed by atoms with Gasteiger partial charge >= 0.3 is 0 Å². The standard InChI is InChI=1S/C12H18N4OS/c1-16(2)6-9(13)15-12-10(11(14)17)7-4-3-5-8(7)18-12/h3-6H2,1-2H3,(H2,13,15)(H2,14,17). The van der Waals surface area contributed by atoms with Crippen LogP contribution in [0.5, 0.6) is 0 Å². The second-order valence-corrected chi connectivity index (χ2v) is 5.83. The van der Waals surface area contributed by atoms with Gasteiger partial charge < -0.3 is 16.4 Å². The minimum atomic E-state index is -0.397. The van der Waals surface area contributed by atoms with Crippen LogP contribution in [0.3, 0.4) is 0 Å². The molecule has 0 aliphatic heterocycles. The number of fused-ring (bicyclic) bond motifs is 1. The van der Waals surface area contributed by atoms with E-state index in [4.69, 9.17) is 11.5 Å². The maximum absolute atomic E-state index is 11.6. The minimum Gasteiger partial charge on any atom is -0.386 e. The number of hydrogen-bond donors (Lipinski definition) is 2. The molecule has 0 atom stereocenters. The van der Waals surface area contributed by atoms with Crippen molar-refractivity contribution in [2.75, 3.05) is 20.6 Å². The molecule has 0 bridgehead atoms. The first-order chi connectivity index (χ1) is 8.49. The van der Waals surface area contributed by atoms with Gasteiger partial charge in [-0.1, -0.05) is 0 Å². The van der Waals surface area contributed by atoms with E-state index in [1.165, 1.54) is 4.88 Å². The monoisotopic (exact) mass is 266 g/mol. The van der Waals surface area contributed by atoms with Crippen molar-refractivity contribution in [1.29, 1.82) is 0 Å². The number of carbonyl (C=O) groups excluding carboxylic acids is 1. The highest BCUT2D eigenvalue weighted by Gasteiger charge is 2.25. The molecule has 0 saturated heterocycles.